The molecule has 3 rings (SSSR count). The number of carbonyl (C=O) groups excluding carboxylic acids is 2. The van der Waals surface area contributed by atoms with Crippen molar-refractivity contribution in [3.8, 4) is 0 Å². The second-order valence-electron chi connectivity index (χ2n) is 7.90. The van der Waals surface area contributed by atoms with Crippen molar-refractivity contribution < 1.29 is 19.2 Å². The molecule has 1 N–H and O–H groups in total. The van der Waals surface area contributed by atoms with E-state index in [1.807, 2.05) is 37.8 Å². The van der Waals surface area contributed by atoms with Gasteiger partial charge in [-0.15, -0.1) is 0 Å². The summed E-state index contributed by atoms with van der Waals surface area (Å²) in [7, 11) is 0. The summed E-state index contributed by atoms with van der Waals surface area (Å²) in [6, 6.07) is 9.12. The Morgan fingerprint density at radius 2 is 1.81 bits per heavy atom. The lowest BCUT2D eigenvalue weighted by Gasteiger charge is -2.24. The van der Waals surface area contributed by atoms with Crippen LogP contribution in [0.15, 0.2) is 36.4 Å². The van der Waals surface area contributed by atoms with E-state index in [2.05, 4.69) is 5.32 Å². The van der Waals surface area contributed by atoms with Gasteiger partial charge in [-0.05, 0) is 63.4 Å². The highest BCUT2D eigenvalue weighted by Gasteiger charge is 2.31. The Kier molecular flexibility index (Phi) is 7.02. The number of ether oxygens (including phenoxy) is 1. The molecule has 1 aliphatic heterocycles. The van der Waals surface area contributed by atoms with Crippen molar-refractivity contribution in [2.45, 2.75) is 39.7 Å². The number of aryl methyl sites for hydroxylation is 3. The molecular formula is C23H27N3O5. The average Bonchev–Trinajstić information content (AvgIpc) is 3.19. The summed E-state index contributed by atoms with van der Waals surface area (Å²) in [6.07, 6.45) is 1.66. The van der Waals surface area contributed by atoms with E-state index < -0.39 is 10.9 Å². The number of benzene rings is 2. The summed E-state index contributed by atoms with van der Waals surface area (Å²) < 4.78 is 5.31. The molecule has 2 aromatic rings. The number of hydrogen-bond acceptors (Lipinski definition) is 6. The normalized spacial score (nSPS) is 16.2. The fourth-order valence-corrected chi connectivity index (χ4v) is 4.03. The maximum Gasteiger partial charge on any atom is 0.338 e. The molecule has 0 bridgehead atoms. The number of nitro groups is 1. The van der Waals surface area contributed by atoms with E-state index in [1.165, 1.54) is 24.3 Å². The number of amides is 1. The largest absolute Gasteiger partial charge is 0.461 e. The van der Waals surface area contributed by atoms with Gasteiger partial charge in [0.2, 0.25) is 5.91 Å². The molecule has 1 saturated heterocycles. The molecule has 2 aromatic carbocycles. The third kappa shape index (κ3) is 5.46. The molecule has 1 atom stereocenters. The fourth-order valence-electron chi connectivity index (χ4n) is 4.03. The van der Waals surface area contributed by atoms with Crippen LogP contribution in [0.25, 0.3) is 0 Å². The standard InChI is InChI=1S/C23H27N3O5/c1-15-13-16(2)21(17(3)14-15)24-22(27)20-5-4-10-25(20)11-12-31-23(28)18-6-8-19(9-7-18)26(29)30/h6-9,13-14,20H,4-5,10-12H2,1-3H3,(H,24,27). The van der Waals surface area contributed by atoms with Crippen molar-refractivity contribution in [1.82, 2.24) is 4.90 Å². The zero-order chi connectivity index (χ0) is 22.5. The number of nitrogens with one attached hydrogen (secondary N) is 1. The molecule has 8 heteroatoms. The molecule has 0 radical (unpaired) electrons. The minimum atomic E-state index is -0.541. The Morgan fingerprint density at radius 3 is 2.42 bits per heavy atom. The van der Waals surface area contributed by atoms with Crippen molar-refractivity contribution >= 4 is 23.3 Å². The highest BCUT2D eigenvalue weighted by Crippen LogP contribution is 2.24. The summed E-state index contributed by atoms with van der Waals surface area (Å²) in [5.74, 6) is -0.588. The van der Waals surface area contributed by atoms with Gasteiger partial charge in [-0.25, -0.2) is 4.79 Å². The predicted molar refractivity (Wildman–Crippen MR) is 117 cm³/mol. The highest BCUT2D eigenvalue weighted by molar-refractivity contribution is 5.96. The van der Waals surface area contributed by atoms with Crippen LogP contribution in [-0.2, 0) is 9.53 Å². The third-order valence-corrected chi connectivity index (χ3v) is 5.52. The van der Waals surface area contributed by atoms with Gasteiger partial charge >= 0.3 is 5.97 Å². The molecule has 0 saturated carbocycles. The highest BCUT2D eigenvalue weighted by atomic mass is 16.6. The lowest BCUT2D eigenvalue weighted by Crippen LogP contribution is -2.41. The van der Waals surface area contributed by atoms with Crippen molar-refractivity contribution in [2.24, 2.45) is 0 Å². The van der Waals surface area contributed by atoms with Crippen LogP contribution in [0, 0.1) is 30.9 Å². The molecule has 0 aliphatic carbocycles. The quantitative estimate of drug-likeness (QED) is 0.411. The van der Waals surface area contributed by atoms with Gasteiger partial charge < -0.3 is 10.1 Å². The van der Waals surface area contributed by atoms with Crippen LogP contribution in [0.5, 0.6) is 0 Å². The Bertz CT molecular complexity index is 964. The number of esters is 1. The van der Waals surface area contributed by atoms with Gasteiger partial charge in [-0.1, -0.05) is 17.7 Å². The molecule has 8 nitrogen and oxygen atoms in total. The summed E-state index contributed by atoms with van der Waals surface area (Å²) in [4.78, 5) is 37.3. The summed E-state index contributed by atoms with van der Waals surface area (Å²) in [5.41, 5.74) is 4.25. The summed E-state index contributed by atoms with van der Waals surface area (Å²) >= 11 is 0. The van der Waals surface area contributed by atoms with Gasteiger partial charge in [0.15, 0.2) is 0 Å². The second-order valence-corrected chi connectivity index (χ2v) is 7.90. The number of likely N-dealkylation sites (tertiary alicyclic amines) is 1. The first-order chi connectivity index (χ1) is 14.8. The zero-order valence-corrected chi connectivity index (χ0v) is 18.0. The van der Waals surface area contributed by atoms with Gasteiger partial charge in [0.05, 0.1) is 16.5 Å². The maximum absolute atomic E-state index is 12.9. The summed E-state index contributed by atoms with van der Waals surface area (Å²) in [6.45, 7) is 7.35. The lowest BCUT2D eigenvalue weighted by atomic mass is 10.0. The van der Waals surface area contributed by atoms with E-state index in [9.17, 15) is 19.7 Å². The minimum absolute atomic E-state index is 0.0470. The molecule has 1 aliphatic rings. The Balaban J connectivity index is 1.54. The number of nitrogens with zero attached hydrogens (tertiary/aromatic N) is 2. The topological polar surface area (TPSA) is 102 Å². The van der Waals surface area contributed by atoms with Gasteiger partial charge in [-0.3, -0.25) is 19.8 Å². The molecule has 1 fully saturated rings. The second kappa shape index (κ2) is 9.70. The number of carbonyl (C=O) groups is 2. The molecule has 1 amide bonds. The van der Waals surface area contributed by atoms with Crippen LogP contribution in [-0.4, -0.2) is 47.4 Å². The van der Waals surface area contributed by atoms with E-state index in [-0.39, 0.29) is 29.8 Å². The average molecular weight is 425 g/mol. The monoisotopic (exact) mass is 425 g/mol. The molecule has 0 spiro atoms. The Labute approximate surface area is 181 Å². The van der Waals surface area contributed by atoms with E-state index in [0.29, 0.717) is 6.54 Å². The molecule has 1 heterocycles. The zero-order valence-electron chi connectivity index (χ0n) is 18.0. The third-order valence-electron chi connectivity index (χ3n) is 5.52. The molecule has 1 unspecified atom stereocenters. The molecular weight excluding hydrogens is 398 g/mol. The smallest absolute Gasteiger partial charge is 0.338 e. The maximum atomic E-state index is 12.9. The van der Waals surface area contributed by atoms with Crippen LogP contribution in [0.2, 0.25) is 0 Å². The Hall–Kier alpha value is -3.26. The van der Waals surface area contributed by atoms with Gasteiger partial charge in [0.1, 0.15) is 6.61 Å². The molecule has 31 heavy (non-hydrogen) atoms. The fraction of sp³-hybridized carbons (Fsp3) is 0.391. The van der Waals surface area contributed by atoms with Crippen molar-refractivity contribution in [1.29, 1.82) is 0 Å². The van der Waals surface area contributed by atoms with Crippen LogP contribution in [0.3, 0.4) is 0 Å². The van der Waals surface area contributed by atoms with Gasteiger partial charge in [0, 0.05) is 24.4 Å². The lowest BCUT2D eigenvalue weighted by molar-refractivity contribution is -0.384. The van der Waals surface area contributed by atoms with Gasteiger partial charge in [0.25, 0.3) is 5.69 Å². The van der Waals surface area contributed by atoms with Crippen molar-refractivity contribution in [3.63, 3.8) is 0 Å². The van der Waals surface area contributed by atoms with Crippen LogP contribution >= 0.6 is 0 Å². The van der Waals surface area contributed by atoms with E-state index >= 15 is 0 Å². The molecule has 0 aromatic heterocycles. The SMILES string of the molecule is Cc1cc(C)c(NC(=O)C2CCCN2CCOC(=O)c2ccc([N+](=O)[O-])cc2)c(C)c1. The first-order valence-electron chi connectivity index (χ1n) is 10.3. The number of nitro benzene ring substituents is 1. The van der Waals surface area contributed by atoms with E-state index in [0.717, 1.165) is 41.8 Å². The van der Waals surface area contributed by atoms with Gasteiger partial charge in [-0.2, -0.15) is 0 Å². The number of rotatable bonds is 7. The first-order valence-corrected chi connectivity index (χ1v) is 10.3. The number of hydrogen-bond donors (Lipinski definition) is 1. The minimum Gasteiger partial charge on any atom is -0.461 e. The summed E-state index contributed by atoms with van der Waals surface area (Å²) in [5, 5.41) is 13.8. The van der Waals surface area contributed by atoms with Crippen LogP contribution in [0.4, 0.5) is 11.4 Å². The molecule has 164 valence electrons. The van der Waals surface area contributed by atoms with E-state index in [4.69, 9.17) is 4.74 Å². The van der Waals surface area contributed by atoms with Crippen LogP contribution in [0.1, 0.15) is 39.9 Å². The number of anilines is 1. The van der Waals surface area contributed by atoms with Crippen LogP contribution < -0.4 is 5.32 Å². The Morgan fingerprint density at radius 1 is 1.16 bits per heavy atom. The van der Waals surface area contributed by atoms with E-state index in [1.54, 1.807) is 0 Å². The van der Waals surface area contributed by atoms with Crippen molar-refractivity contribution in [3.05, 3.63) is 68.8 Å². The first kappa shape index (κ1) is 22.4. The number of non-ortho nitro benzene ring substituents is 1. The predicted octanol–water partition coefficient (Wildman–Crippen LogP) is 3.78. The van der Waals surface area contributed by atoms with Crippen molar-refractivity contribution in [2.75, 3.05) is 25.0 Å².